The SMILES string of the molecule is CCCC(CNC(=O)c1ccc(S(=O)(=O)NC)o1)C(=O)O. The number of carbonyl (C=O) groups excluding carboxylic acids is 1. The quantitative estimate of drug-likeness (QED) is 0.637. The molecule has 0 aromatic carbocycles. The summed E-state index contributed by atoms with van der Waals surface area (Å²) in [6.07, 6.45) is 1.12. The molecule has 0 bridgehead atoms. The number of furan rings is 1. The third kappa shape index (κ3) is 4.57. The number of carbonyl (C=O) groups is 2. The fourth-order valence-corrected chi connectivity index (χ4v) is 2.30. The van der Waals surface area contributed by atoms with Crippen molar-refractivity contribution in [1.29, 1.82) is 0 Å². The zero-order chi connectivity index (χ0) is 16.0. The molecular weight excluding hydrogens is 300 g/mol. The second kappa shape index (κ2) is 7.23. The monoisotopic (exact) mass is 318 g/mol. The van der Waals surface area contributed by atoms with Gasteiger partial charge in [-0.25, -0.2) is 13.1 Å². The predicted molar refractivity (Wildman–Crippen MR) is 73.3 cm³/mol. The van der Waals surface area contributed by atoms with Gasteiger partial charge in [0.25, 0.3) is 15.9 Å². The van der Waals surface area contributed by atoms with Crippen molar-refractivity contribution < 1.29 is 27.5 Å². The van der Waals surface area contributed by atoms with Crippen LogP contribution in [-0.2, 0) is 14.8 Å². The number of aliphatic carboxylic acids is 1. The van der Waals surface area contributed by atoms with E-state index in [1.807, 2.05) is 6.92 Å². The highest BCUT2D eigenvalue weighted by molar-refractivity contribution is 7.89. The first-order valence-electron chi connectivity index (χ1n) is 6.36. The van der Waals surface area contributed by atoms with Crippen LogP contribution in [0.25, 0.3) is 0 Å². The summed E-state index contributed by atoms with van der Waals surface area (Å²) < 4.78 is 29.9. The van der Waals surface area contributed by atoms with E-state index in [4.69, 9.17) is 9.52 Å². The Kier molecular flexibility index (Phi) is 5.91. The molecule has 0 aliphatic carbocycles. The van der Waals surface area contributed by atoms with E-state index in [2.05, 4.69) is 10.0 Å². The highest BCUT2D eigenvalue weighted by Gasteiger charge is 2.21. The highest BCUT2D eigenvalue weighted by Crippen LogP contribution is 2.13. The lowest BCUT2D eigenvalue weighted by molar-refractivity contribution is -0.141. The molecule has 0 saturated carbocycles. The summed E-state index contributed by atoms with van der Waals surface area (Å²) in [5, 5.41) is 11.0. The Hall–Kier alpha value is -1.87. The molecule has 8 nitrogen and oxygen atoms in total. The first kappa shape index (κ1) is 17.2. The molecule has 1 amide bonds. The molecule has 1 rings (SSSR count). The standard InChI is InChI=1S/C12H18N2O6S/c1-3-4-8(12(16)17)7-14-11(15)9-5-6-10(20-9)21(18,19)13-2/h5-6,8,13H,3-4,7H2,1-2H3,(H,14,15)(H,16,17). The van der Waals surface area contributed by atoms with Gasteiger partial charge < -0.3 is 14.8 Å². The zero-order valence-corrected chi connectivity index (χ0v) is 12.6. The van der Waals surface area contributed by atoms with Gasteiger partial charge in [-0.2, -0.15) is 0 Å². The molecule has 1 aromatic heterocycles. The summed E-state index contributed by atoms with van der Waals surface area (Å²) in [6.45, 7) is 1.80. The number of amides is 1. The number of rotatable bonds is 8. The van der Waals surface area contributed by atoms with Gasteiger partial charge in [-0.1, -0.05) is 13.3 Å². The van der Waals surface area contributed by atoms with Crippen LogP contribution in [0.3, 0.4) is 0 Å². The molecule has 3 N–H and O–H groups in total. The van der Waals surface area contributed by atoms with Gasteiger partial charge in [0.1, 0.15) is 0 Å². The summed E-state index contributed by atoms with van der Waals surface area (Å²) in [4.78, 5) is 22.7. The fourth-order valence-electron chi connectivity index (χ4n) is 1.65. The van der Waals surface area contributed by atoms with Crippen LogP contribution in [0, 0.1) is 5.92 Å². The van der Waals surface area contributed by atoms with Gasteiger partial charge >= 0.3 is 5.97 Å². The van der Waals surface area contributed by atoms with Crippen molar-refractivity contribution in [3.05, 3.63) is 17.9 Å². The van der Waals surface area contributed by atoms with Crippen molar-refractivity contribution in [3.8, 4) is 0 Å². The molecule has 0 aliphatic rings. The molecule has 9 heteroatoms. The second-order valence-corrected chi connectivity index (χ2v) is 6.18. The Bertz CT molecular complexity index is 607. The molecule has 1 atom stereocenters. The largest absolute Gasteiger partial charge is 0.481 e. The minimum Gasteiger partial charge on any atom is -0.481 e. The van der Waals surface area contributed by atoms with Crippen LogP contribution in [0.1, 0.15) is 30.3 Å². The topological polar surface area (TPSA) is 126 Å². The summed E-state index contributed by atoms with van der Waals surface area (Å²) in [5.41, 5.74) is 0. The maximum absolute atomic E-state index is 11.8. The van der Waals surface area contributed by atoms with Gasteiger partial charge in [0.05, 0.1) is 5.92 Å². The molecular formula is C12H18N2O6S. The lowest BCUT2D eigenvalue weighted by Gasteiger charge is -2.11. The molecule has 0 saturated heterocycles. The van der Waals surface area contributed by atoms with E-state index in [-0.39, 0.29) is 17.4 Å². The molecule has 0 radical (unpaired) electrons. The average Bonchev–Trinajstić information content (AvgIpc) is 2.93. The number of hydrogen-bond acceptors (Lipinski definition) is 5. The van der Waals surface area contributed by atoms with E-state index in [0.717, 1.165) is 6.07 Å². The van der Waals surface area contributed by atoms with Crippen LogP contribution in [0.2, 0.25) is 0 Å². The number of carboxylic acids is 1. The zero-order valence-electron chi connectivity index (χ0n) is 11.8. The van der Waals surface area contributed by atoms with E-state index in [1.54, 1.807) is 0 Å². The van der Waals surface area contributed by atoms with Crippen LogP contribution in [-0.4, -0.2) is 39.0 Å². The van der Waals surface area contributed by atoms with Crippen LogP contribution in [0.15, 0.2) is 21.6 Å². The van der Waals surface area contributed by atoms with Gasteiger partial charge in [0, 0.05) is 6.54 Å². The van der Waals surface area contributed by atoms with E-state index in [0.29, 0.717) is 12.8 Å². The van der Waals surface area contributed by atoms with Gasteiger partial charge in [-0.3, -0.25) is 9.59 Å². The smallest absolute Gasteiger partial charge is 0.308 e. The molecule has 0 fully saturated rings. The molecule has 118 valence electrons. The Morgan fingerprint density at radius 1 is 1.38 bits per heavy atom. The Morgan fingerprint density at radius 3 is 2.57 bits per heavy atom. The maximum atomic E-state index is 11.8. The Balaban J connectivity index is 2.71. The van der Waals surface area contributed by atoms with Gasteiger partial charge in [-0.05, 0) is 25.6 Å². The fraction of sp³-hybridized carbons (Fsp3) is 0.500. The minimum absolute atomic E-state index is 0.0448. The van der Waals surface area contributed by atoms with Crippen LogP contribution in [0.4, 0.5) is 0 Å². The van der Waals surface area contributed by atoms with Crippen LogP contribution in [0.5, 0.6) is 0 Å². The van der Waals surface area contributed by atoms with Crippen molar-refractivity contribution in [2.75, 3.05) is 13.6 Å². The maximum Gasteiger partial charge on any atom is 0.308 e. The minimum atomic E-state index is -3.75. The Labute approximate surface area is 122 Å². The van der Waals surface area contributed by atoms with Crippen LogP contribution < -0.4 is 10.0 Å². The number of nitrogens with one attached hydrogen (secondary N) is 2. The summed E-state index contributed by atoms with van der Waals surface area (Å²) in [6, 6.07) is 2.37. The summed E-state index contributed by atoms with van der Waals surface area (Å²) >= 11 is 0. The summed E-state index contributed by atoms with van der Waals surface area (Å²) in [7, 11) is -2.53. The van der Waals surface area contributed by atoms with Crippen molar-refractivity contribution in [2.24, 2.45) is 5.92 Å². The van der Waals surface area contributed by atoms with Crippen molar-refractivity contribution in [3.63, 3.8) is 0 Å². The van der Waals surface area contributed by atoms with Crippen molar-refractivity contribution in [2.45, 2.75) is 24.9 Å². The average molecular weight is 318 g/mol. The first-order valence-corrected chi connectivity index (χ1v) is 7.84. The highest BCUT2D eigenvalue weighted by atomic mass is 32.2. The predicted octanol–water partition coefficient (Wildman–Crippen LogP) is 0.418. The molecule has 1 unspecified atom stereocenters. The second-order valence-electron chi connectivity index (χ2n) is 4.36. The van der Waals surface area contributed by atoms with Gasteiger partial charge in [-0.15, -0.1) is 0 Å². The molecule has 1 heterocycles. The lowest BCUT2D eigenvalue weighted by Crippen LogP contribution is -2.32. The number of hydrogen-bond donors (Lipinski definition) is 3. The molecule has 0 spiro atoms. The van der Waals surface area contributed by atoms with E-state index in [1.165, 1.54) is 13.1 Å². The van der Waals surface area contributed by atoms with E-state index in [9.17, 15) is 18.0 Å². The number of carboxylic acid groups (broad SMARTS) is 1. The molecule has 0 aliphatic heterocycles. The molecule has 21 heavy (non-hydrogen) atoms. The van der Waals surface area contributed by atoms with E-state index >= 15 is 0 Å². The first-order chi connectivity index (χ1) is 9.81. The summed E-state index contributed by atoms with van der Waals surface area (Å²) in [5.74, 6) is -2.52. The van der Waals surface area contributed by atoms with E-state index < -0.39 is 27.8 Å². The van der Waals surface area contributed by atoms with Crippen molar-refractivity contribution >= 4 is 21.9 Å². The van der Waals surface area contributed by atoms with Gasteiger partial charge in [0.2, 0.25) is 5.09 Å². The molecule has 1 aromatic rings. The van der Waals surface area contributed by atoms with Crippen LogP contribution >= 0.6 is 0 Å². The van der Waals surface area contributed by atoms with Crippen molar-refractivity contribution in [1.82, 2.24) is 10.0 Å². The normalized spacial score (nSPS) is 12.9. The third-order valence-corrected chi connectivity index (χ3v) is 4.12. The third-order valence-electron chi connectivity index (χ3n) is 2.83. The lowest BCUT2D eigenvalue weighted by atomic mass is 10.0. The van der Waals surface area contributed by atoms with Gasteiger partial charge in [0.15, 0.2) is 5.76 Å². The number of sulfonamides is 1. The Morgan fingerprint density at radius 2 is 2.05 bits per heavy atom.